The van der Waals surface area contributed by atoms with Gasteiger partial charge in [0.1, 0.15) is 0 Å². The predicted molar refractivity (Wildman–Crippen MR) is 122 cm³/mol. The molecule has 9 nitrogen and oxygen atoms in total. The third-order valence-electron chi connectivity index (χ3n) is 6.00. The molecule has 0 atom stereocenters. The van der Waals surface area contributed by atoms with E-state index in [2.05, 4.69) is 24.8 Å². The second kappa shape index (κ2) is 8.94. The first kappa shape index (κ1) is 22.1. The van der Waals surface area contributed by atoms with Gasteiger partial charge in [0.15, 0.2) is 22.8 Å². The van der Waals surface area contributed by atoms with Crippen LogP contribution in [-0.2, 0) is 6.54 Å². The molecule has 0 radical (unpaired) electrons. The minimum Gasteiger partial charge on any atom is -0.437 e. The van der Waals surface area contributed by atoms with Crippen LogP contribution in [-0.4, -0.2) is 83.6 Å². The maximum Gasteiger partial charge on any atom is 0.376 e. The van der Waals surface area contributed by atoms with Crippen molar-refractivity contribution in [1.29, 1.82) is 0 Å². The van der Waals surface area contributed by atoms with E-state index in [4.69, 9.17) is 11.6 Å². The Balaban J connectivity index is 1.48. The number of halogens is 3. The number of nitrogens with zero attached hydrogens (tertiary/aromatic N) is 8. The summed E-state index contributed by atoms with van der Waals surface area (Å²) >= 11 is 6.22. The van der Waals surface area contributed by atoms with Crippen LogP contribution in [0.25, 0.3) is 28.0 Å². The number of fused-ring (bicyclic) bond motifs is 2. The van der Waals surface area contributed by atoms with Gasteiger partial charge in [0.2, 0.25) is 5.28 Å². The molecule has 1 fully saturated rings. The fourth-order valence-electron chi connectivity index (χ4n) is 4.25. The highest BCUT2D eigenvalue weighted by atomic mass is 35.5. The Bertz CT molecular complexity index is 1290. The number of para-hydroxylation sites is 2. The van der Waals surface area contributed by atoms with Crippen molar-refractivity contribution in [2.75, 3.05) is 32.7 Å². The molecule has 0 unspecified atom stereocenters. The van der Waals surface area contributed by atoms with Crippen molar-refractivity contribution in [2.24, 2.45) is 0 Å². The molecule has 0 aliphatic carbocycles. The Labute approximate surface area is 193 Å². The lowest BCUT2D eigenvalue weighted by molar-refractivity contribution is 0.139. The van der Waals surface area contributed by atoms with E-state index in [9.17, 15) is 13.8 Å². The Morgan fingerprint density at radius 1 is 1.09 bits per heavy atom. The zero-order chi connectivity index (χ0) is 23.1. The number of aromatic nitrogens is 6. The summed E-state index contributed by atoms with van der Waals surface area (Å²) in [6.45, 7) is 6.41. The molecule has 0 saturated carbocycles. The van der Waals surface area contributed by atoms with Gasteiger partial charge in [-0.15, -0.1) is 0 Å². The summed E-state index contributed by atoms with van der Waals surface area (Å²) in [5.41, 5.74) is 1.79. The molecule has 1 saturated heterocycles. The van der Waals surface area contributed by atoms with Crippen molar-refractivity contribution in [2.45, 2.75) is 19.8 Å². The minimum absolute atomic E-state index is 0.0530. The van der Waals surface area contributed by atoms with E-state index in [1.165, 1.54) is 4.57 Å². The number of alkyl halides is 2. The van der Waals surface area contributed by atoms with E-state index in [1.807, 2.05) is 9.38 Å². The highest BCUT2D eigenvalue weighted by molar-refractivity contribution is 6.45. The molecule has 1 N–H and O–H groups in total. The second-order valence-corrected chi connectivity index (χ2v) is 8.37. The van der Waals surface area contributed by atoms with Crippen LogP contribution >= 0.6 is 11.6 Å². The number of imidazole rings is 2. The van der Waals surface area contributed by atoms with Crippen LogP contribution in [0.5, 0.6) is 0 Å². The first-order valence-corrected chi connectivity index (χ1v) is 11.1. The maximum absolute atomic E-state index is 13.9. The van der Waals surface area contributed by atoms with Crippen molar-refractivity contribution in [3.8, 4) is 5.82 Å². The zero-order valence-corrected chi connectivity index (χ0v) is 18.7. The SMILES string of the molecule is CB(O)N1CCN(CCn2cnc3c(-n4c(C(F)F)nc5ccccc54)nc(Cl)nc32)CC1. The molecule has 4 aromatic rings. The van der Waals surface area contributed by atoms with E-state index in [0.29, 0.717) is 28.7 Å². The number of hydrogen-bond acceptors (Lipinski definition) is 7. The van der Waals surface area contributed by atoms with Gasteiger partial charge < -0.3 is 14.4 Å². The Kier molecular flexibility index (Phi) is 6.00. The highest BCUT2D eigenvalue weighted by Crippen LogP contribution is 2.30. The van der Waals surface area contributed by atoms with Crippen molar-refractivity contribution in [1.82, 2.24) is 38.8 Å². The van der Waals surface area contributed by atoms with E-state index in [1.54, 1.807) is 37.4 Å². The van der Waals surface area contributed by atoms with Gasteiger partial charge in [0.05, 0.1) is 17.4 Å². The number of rotatable bonds is 6. The van der Waals surface area contributed by atoms with Gasteiger partial charge in [-0.3, -0.25) is 9.47 Å². The number of piperazine rings is 1. The van der Waals surface area contributed by atoms with E-state index >= 15 is 0 Å². The van der Waals surface area contributed by atoms with Gasteiger partial charge in [-0.25, -0.2) is 18.7 Å². The van der Waals surface area contributed by atoms with Gasteiger partial charge >= 0.3 is 7.05 Å². The quantitative estimate of drug-likeness (QED) is 0.339. The summed E-state index contributed by atoms with van der Waals surface area (Å²) in [6.07, 6.45) is -1.17. The normalized spacial score (nSPS) is 15.8. The van der Waals surface area contributed by atoms with Gasteiger partial charge in [-0.2, -0.15) is 9.97 Å². The molecular formula is C20H22BClF2N8O. The largest absolute Gasteiger partial charge is 0.437 e. The standard InChI is InChI=1S/C20H22BClF2N8O/c1-21(33)31-10-7-29(8-11-31)6-9-30-12-25-15-17(30)27-20(22)28-18(15)32-14-5-3-2-4-13(14)26-19(32)16(23)24/h2-5,12,16,33H,6-11H2,1H3. The lowest BCUT2D eigenvalue weighted by Gasteiger charge is -2.35. The summed E-state index contributed by atoms with van der Waals surface area (Å²) in [4.78, 5) is 21.5. The molecular weight excluding hydrogens is 453 g/mol. The molecule has 0 amide bonds. The first-order valence-electron chi connectivity index (χ1n) is 10.7. The van der Waals surface area contributed by atoms with E-state index in [-0.39, 0.29) is 11.1 Å². The zero-order valence-electron chi connectivity index (χ0n) is 17.9. The molecule has 1 aliphatic heterocycles. The molecule has 5 rings (SSSR count). The molecule has 1 aromatic carbocycles. The summed E-state index contributed by atoms with van der Waals surface area (Å²) < 4.78 is 30.9. The average Bonchev–Trinajstić information content (AvgIpc) is 3.39. The fourth-order valence-corrected chi connectivity index (χ4v) is 4.41. The molecule has 33 heavy (non-hydrogen) atoms. The maximum atomic E-state index is 13.9. The van der Waals surface area contributed by atoms with Crippen molar-refractivity contribution < 1.29 is 13.8 Å². The summed E-state index contributed by atoms with van der Waals surface area (Å²) in [6, 6.07) is 6.88. The van der Waals surface area contributed by atoms with Crippen LogP contribution in [0.2, 0.25) is 12.1 Å². The van der Waals surface area contributed by atoms with Crippen molar-refractivity contribution in [3.63, 3.8) is 0 Å². The Morgan fingerprint density at radius 3 is 2.58 bits per heavy atom. The van der Waals surface area contributed by atoms with Gasteiger partial charge in [0, 0.05) is 39.3 Å². The molecule has 3 aromatic heterocycles. The molecule has 13 heteroatoms. The monoisotopic (exact) mass is 474 g/mol. The predicted octanol–water partition coefficient (Wildman–Crippen LogP) is 2.48. The molecule has 0 bridgehead atoms. The number of benzene rings is 1. The van der Waals surface area contributed by atoms with Gasteiger partial charge in [-0.1, -0.05) is 12.1 Å². The summed E-state index contributed by atoms with van der Waals surface area (Å²) in [7, 11) is -0.445. The summed E-state index contributed by atoms with van der Waals surface area (Å²) in [5, 5.41) is 9.67. The van der Waals surface area contributed by atoms with Gasteiger partial charge in [-0.05, 0) is 30.6 Å². The lowest BCUT2D eigenvalue weighted by Crippen LogP contribution is -2.51. The molecule has 172 valence electrons. The van der Waals surface area contributed by atoms with Crippen molar-refractivity contribution >= 4 is 40.8 Å². The Hall–Kier alpha value is -2.67. The highest BCUT2D eigenvalue weighted by Gasteiger charge is 2.25. The van der Waals surface area contributed by atoms with Crippen LogP contribution in [0.15, 0.2) is 30.6 Å². The summed E-state index contributed by atoms with van der Waals surface area (Å²) in [5.74, 6) is -0.240. The van der Waals surface area contributed by atoms with Crippen LogP contribution in [0.4, 0.5) is 8.78 Å². The lowest BCUT2D eigenvalue weighted by atomic mass is 9.84. The van der Waals surface area contributed by atoms with Gasteiger partial charge in [0.25, 0.3) is 6.43 Å². The van der Waals surface area contributed by atoms with Crippen LogP contribution in [0, 0.1) is 0 Å². The van der Waals surface area contributed by atoms with Crippen LogP contribution in [0.3, 0.4) is 0 Å². The van der Waals surface area contributed by atoms with Crippen LogP contribution in [0.1, 0.15) is 12.2 Å². The third kappa shape index (κ3) is 4.19. The minimum atomic E-state index is -2.80. The molecule has 4 heterocycles. The average molecular weight is 475 g/mol. The van der Waals surface area contributed by atoms with Crippen molar-refractivity contribution in [3.05, 3.63) is 41.7 Å². The van der Waals surface area contributed by atoms with Crippen LogP contribution < -0.4 is 0 Å². The van der Waals surface area contributed by atoms with E-state index < -0.39 is 19.3 Å². The smallest absolute Gasteiger partial charge is 0.376 e. The topological polar surface area (TPSA) is 88.1 Å². The first-order chi connectivity index (χ1) is 15.9. The second-order valence-electron chi connectivity index (χ2n) is 8.03. The van der Waals surface area contributed by atoms with E-state index in [0.717, 1.165) is 32.7 Å². The fraction of sp³-hybridized carbons (Fsp3) is 0.400. The molecule has 1 aliphatic rings. The number of hydrogen-bond donors (Lipinski definition) is 1. The Morgan fingerprint density at radius 2 is 1.85 bits per heavy atom. The molecule has 0 spiro atoms. The third-order valence-corrected chi connectivity index (χ3v) is 6.17.